The molecule has 32 heavy (non-hydrogen) atoms. The van der Waals surface area contributed by atoms with Crippen molar-refractivity contribution >= 4 is 73.3 Å². The van der Waals surface area contributed by atoms with E-state index in [1.54, 1.807) is 0 Å². The first-order chi connectivity index (χ1) is 14.0. The molecule has 0 heterocycles. The van der Waals surface area contributed by atoms with Crippen LogP contribution in [0.25, 0.3) is 0 Å². The van der Waals surface area contributed by atoms with Crippen LogP contribution in [0.3, 0.4) is 0 Å². The molecule has 0 amide bonds. The first-order valence-corrected chi connectivity index (χ1v) is 13.5. The molecule has 0 saturated heterocycles. The Morgan fingerprint density at radius 2 is 1.22 bits per heavy atom. The largest absolute Gasteiger partial charge is 0.813 e. The van der Waals surface area contributed by atoms with Gasteiger partial charge in [0, 0.05) is 46.4 Å². The molecule has 2 fully saturated rings. The van der Waals surface area contributed by atoms with E-state index in [1.807, 2.05) is 12.5 Å². The van der Waals surface area contributed by atoms with E-state index in [4.69, 9.17) is 12.6 Å². The van der Waals surface area contributed by atoms with E-state index in [1.165, 1.54) is 119 Å². The summed E-state index contributed by atoms with van der Waals surface area (Å²) in [6.45, 7) is 0. The smallest absolute Gasteiger partial charge is 0.204 e. The number of esters is 2. The van der Waals surface area contributed by atoms with Crippen molar-refractivity contribution in [2.45, 2.75) is 64.2 Å². The third kappa shape index (κ3) is 21.8. The molecule has 4 nitrogen and oxygen atoms in total. The molecule has 0 spiro atoms. The van der Waals surface area contributed by atoms with Crippen LogP contribution in [-0.2, 0) is 87.3 Å². The Labute approximate surface area is 249 Å². The van der Waals surface area contributed by atoms with Gasteiger partial charge in [-0.25, -0.2) is 17.5 Å². The van der Waals surface area contributed by atoms with Crippen molar-refractivity contribution in [1.82, 2.24) is 0 Å². The van der Waals surface area contributed by atoms with E-state index < -0.39 is 11.9 Å². The molecule has 0 atom stereocenters. The number of rotatable bonds is 7. The summed E-state index contributed by atoms with van der Waals surface area (Å²) in [4.78, 5) is 22.6. The van der Waals surface area contributed by atoms with Crippen LogP contribution in [-0.4, -0.2) is 38.7 Å². The average molecular weight is 703 g/mol. The molecule has 11 heteroatoms. The van der Waals surface area contributed by atoms with Gasteiger partial charge in [0.2, 0.25) is 5.97 Å². The summed E-state index contributed by atoms with van der Waals surface area (Å²) in [5, 5.41) is 0. The van der Waals surface area contributed by atoms with Crippen molar-refractivity contribution in [3.63, 3.8) is 0 Å². The minimum atomic E-state index is -0.740. The Morgan fingerprint density at radius 1 is 0.812 bits per heavy atom. The molecule has 0 radical (unpaired) electrons. The van der Waals surface area contributed by atoms with Gasteiger partial charge in [-0.3, -0.25) is 16.4 Å². The van der Waals surface area contributed by atoms with Gasteiger partial charge in [0.15, 0.2) is 0 Å². The van der Waals surface area contributed by atoms with Crippen molar-refractivity contribution < 1.29 is 61.2 Å². The normalized spacial score (nSPS) is 14.9. The van der Waals surface area contributed by atoms with Crippen LogP contribution < -0.4 is 0 Å². The van der Waals surface area contributed by atoms with Crippen LogP contribution in [0.2, 0.25) is 0 Å². The number of ether oxygens (including phenoxy) is 2. The monoisotopic (exact) mass is 706 g/mol. The van der Waals surface area contributed by atoms with E-state index in [9.17, 15) is 9.59 Å². The van der Waals surface area contributed by atoms with Crippen LogP contribution in [0.4, 0.5) is 0 Å². The summed E-state index contributed by atoms with van der Waals surface area (Å²) < 4.78 is 10.6. The molecule has 0 bridgehead atoms. The van der Waals surface area contributed by atoms with Gasteiger partial charge >= 0.3 is 0 Å². The fourth-order valence-electron chi connectivity index (χ4n) is 2.54. The van der Waals surface area contributed by atoms with Crippen molar-refractivity contribution in [2.75, 3.05) is 26.7 Å². The standard InChI is InChI=1S/C11H14O4S4.2C5H10.2Mo.H2S/c1-14-8(12)5-7(9(13)15-2)6-19-11(18-4)10(16)17-3;2*1-2-4-5-3-1;;;/h6,16H,1-4H3;2*1-5H2;;;1H2/q-2;;;;;/p-2/b11-10+;;;;;. The molecule has 0 aromatic heterocycles. The van der Waals surface area contributed by atoms with Crippen molar-refractivity contribution in [3.05, 3.63) is 25.9 Å². The zero-order valence-corrected chi connectivity index (χ0v) is 27.4. The molecule has 2 rings (SSSR count). The van der Waals surface area contributed by atoms with Gasteiger partial charge in [-0.2, -0.15) is 11.8 Å². The minimum Gasteiger partial charge on any atom is -0.813 e. The van der Waals surface area contributed by atoms with Crippen molar-refractivity contribution in [3.8, 4) is 0 Å². The van der Waals surface area contributed by atoms with Crippen LogP contribution in [0.15, 0.2) is 14.0 Å². The molecule has 0 aliphatic heterocycles. The maximum absolute atomic E-state index is 11.5. The molecule has 2 aliphatic carbocycles. The maximum atomic E-state index is 11.5. The molecule has 0 aromatic rings. The minimum absolute atomic E-state index is 0. The van der Waals surface area contributed by atoms with Gasteiger partial charge in [-0.05, 0) is 12.5 Å². The number of hydrogen-bond acceptors (Lipinski definition) is 9. The zero-order valence-electron chi connectivity index (χ0n) is 19.2. The fraction of sp³-hybridized carbons (Fsp3) is 0.667. The van der Waals surface area contributed by atoms with Crippen LogP contribution in [0, 0.1) is 11.8 Å². The zero-order chi connectivity index (χ0) is 21.9. The Balaban J connectivity index is -0.000000246. The Morgan fingerprint density at radius 3 is 1.50 bits per heavy atom. The third-order valence-corrected chi connectivity index (χ3v) is 8.08. The average Bonchev–Trinajstić information content (AvgIpc) is 3.50. The summed E-state index contributed by atoms with van der Waals surface area (Å²) in [7, 11) is 2.44. The van der Waals surface area contributed by atoms with Gasteiger partial charge in [-0.1, -0.05) is 64.2 Å². The Bertz CT molecular complexity index is 513. The van der Waals surface area contributed by atoms with E-state index in [0.29, 0.717) is 0 Å². The van der Waals surface area contributed by atoms with Gasteiger partial charge in [0.1, 0.15) is 0 Å². The fourth-order valence-corrected chi connectivity index (χ4v) is 5.17. The van der Waals surface area contributed by atoms with Crippen LogP contribution in [0.1, 0.15) is 64.2 Å². The first kappa shape index (κ1) is 40.5. The molecule has 188 valence electrons. The summed E-state index contributed by atoms with van der Waals surface area (Å²) in [5.74, 6) is 0.0701. The molecular weight excluding hydrogens is 668 g/mol. The molecule has 0 unspecified atom stereocenters. The first-order valence-electron chi connectivity index (χ1n) is 9.79. The van der Waals surface area contributed by atoms with Gasteiger partial charge in [0.05, 0.1) is 20.2 Å². The molecule has 2 aliphatic rings. The molecule has 2 saturated carbocycles. The Hall–Kier alpha value is 1.29. The number of methoxy groups -OCH3 is 2. The maximum Gasteiger partial charge on any atom is 0.204 e. The molecule has 0 N–H and O–H groups in total. The second-order valence-corrected chi connectivity index (χ2v) is 9.71. The summed E-state index contributed by atoms with van der Waals surface area (Å²) >= 11 is 9.30. The number of hydrogen-bond donors (Lipinski definition) is 0. The SMILES string of the molecule is C1CCCC1.C1CCCC1.COC(=O)[C-]=C([CH-]S/C(SC)=C(\[S-])SC)C(=O)OC.[Mo].[Mo].[SH-]. The molecular formula is C21H34Mo2O4S5-4. The van der Waals surface area contributed by atoms with E-state index in [2.05, 4.69) is 15.5 Å². The van der Waals surface area contributed by atoms with Crippen LogP contribution in [0.5, 0.6) is 0 Å². The summed E-state index contributed by atoms with van der Waals surface area (Å²) in [6, 6.07) is 0. The van der Waals surface area contributed by atoms with Crippen molar-refractivity contribution in [2.24, 2.45) is 0 Å². The second kappa shape index (κ2) is 28.5. The predicted molar refractivity (Wildman–Crippen MR) is 139 cm³/mol. The number of thioether (sulfide) groups is 3. The van der Waals surface area contributed by atoms with Crippen LogP contribution >= 0.6 is 35.3 Å². The predicted octanol–water partition coefficient (Wildman–Crippen LogP) is 5.98. The van der Waals surface area contributed by atoms with Gasteiger partial charge < -0.3 is 40.4 Å². The number of carbonyl (C=O) groups excluding carboxylic acids is 2. The second-order valence-electron chi connectivity index (χ2n) is 6.28. The topological polar surface area (TPSA) is 52.6 Å². The van der Waals surface area contributed by atoms with Gasteiger partial charge in [0.25, 0.3) is 0 Å². The number of carbonyl (C=O) groups is 2. The quantitative estimate of drug-likeness (QED) is 0.0797. The Kier molecular flexibility index (Phi) is 36.1. The van der Waals surface area contributed by atoms with E-state index in [0.717, 1.165) is 8.47 Å². The summed E-state index contributed by atoms with van der Waals surface area (Å²) in [6.07, 6.45) is 21.0. The number of thiol groups is 1. The van der Waals surface area contributed by atoms with Crippen molar-refractivity contribution in [1.29, 1.82) is 0 Å². The van der Waals surface area contributed by atoms with Gasteiger partial charge in [-0.15, -0.1) is 16.0 Å². The van der Waals surface area contributed by atoms with E-state index in [-0.39, 0.29) is 61.2 Å². The third-order valence-electron chi connectivity index (χ3n) is 4.15. The van der Waals surface area contributed by atoms with E-state index >= 15 is 0 Å². The summed E-state index contributed by atoms with van der Waals surface area (Å²) in [5.41, 5.74) is -0.00481. The molecule has 0 aromatic carbocycles.